The van der Waals surface area contributed by atoms with Crippen molar-refractivity contribution in [1.82, 2.24) is 5.43 Å². The van der Waals surface area contributed by atoms with Gasteiger partial charge < -0.3 is 9.47 Å². The number of esters is 1. The van der Waals surface area contributed by atoms with E-state index in [2.05, 4.69) is 65.0 Å². The number of carbonyl (C=O) groups excluding carboxylic acids is 2. The molecule has 0 fully saturated rings. The third-order valence-electron chi connectivity index (χ3n) is 3.90. The number of rotatable bonds is 7. The smallest absolute Gasteiger partial charge is 0.344 e. The minimum absolute atomic E-state index is 0.227. The second-order valence-electron chi connectivity index (χ2n) is 6.21. The quantitative estimate of drug-likeness (QED) is 0.105. The number of benzene rings is 3. The first-order chi connectivity index (χ1) is 15.3. The number of hydrogen-bond donors (Lipinski definition) is 1. The lowest BCUT2D eigenvalue weighted by Gasteiger charge is -2.11. The zero-order valence-corrected chi connectivity index (χ0v) is 22.2. The third kappa shape index (κ3) is 7.03. The molecule has 0 unspecified atom stereocenters. The summed E-state index contributed by atoms with van der Waals surface area (Å²) in [5.74, 6) is -0.182. The molecule has 0 atom stereocenters. The van der Waals surface area contributed by atoms with Gasteiger partial charge in [-0.05, 0) is 87.1 Å². The molecule has 10 heteroatoms. The number of ether oxygens (including phenoxy) is 2. The minimum Gasteiger partial charge on any atom is -0.484 e. The Kier molecular flexibility index (Phi) is 9.09. The van der Waals surface area contributed by atoms with Crippen molar-refractivity contribution in [1.29, 1.82) is 0 Å². The SMILES string of the molecule is O=C(COc1ccc(Cl)cc1)NN=Cc1cc(Br)cc(Br)c1OC(=O)c1ccccc1I. The summed E-state index contributed by atoms with van der Waals surface area (Å²) in [6.45, 7) is -0.227. The van der Waals surface area contributed by atoms with E-state index in [1.54, 1.807) is 48.5 Å². The average Bonchev–Trinajstić information content (AvgIpc) is 2.76. The van der Waals surface area contributed by atoms with Gasteiger partial charge in [0.15, 0.2) is 12.4 Å². The second-order valence-corrected chi connectivity index (χ2v) is 9.58. The molecule has 3 rings (SSSR count). The fourth-order valence-electron chi connectivity index (χ4n) is 2.44. The molecule has 1 amide bonds. The van der Waals surface area contributed by atoms with E-state index in [1.165, 1.54) is 6.21 Å². The monoisotopic (exact) mass is 690 g/mol. The van der Waals surface area contributed by atoms with Crippen LogP contribution >= 0.6 is 66.1 Å². The fourth-order valence-corrected chi connectivity index (χ4v) is 4.52. The molecule has 0 saturated heterocycles. The maximum atomic E-state index is 12.6. The van der Waals surface area contributed by atoms with Gasteiger partial charge in [-0.1, -0.05) is 39.7 Å². The minimum atomic E-state index is -0.506. The van der Waals surface area contributed by atoms with Crippen LogP contribution in [0.1, 0.15) is 15.9 Å². The Labute approximate surface area is 219 Å². The maximum absolute atomic E-state index is 12.6. The van der Waals surface area contributed by atoms with Crippen LogP contribution in [0.5, 0.6) is 11.5 Å². The number of nitrogens with zero attached hydrogens (tertiary/aromatic N) is 1. The van der Waals surface area contributed by atoms with Crippen LogP contribution in [-0.2, 0) is 4.79 Å². The van der Waals surface area contributed by atoms with E-state index >= 15 is 0 Å². The van der Waals surface area contributed by atoms with Crippen LogP contribution in [0.2, 0.25) is 5.02 Å². The standard InChI is InChI=1S/C22H14Br2ClIN2O4/c23-14-9-13(11-27-28-20(29)12-31-16-7-5-15(25)6-8-16)21(18(24)10-14)32-22(30)17-3-1-2-4-19(17)26/h1-11H,12H2,(H,28,29). The van der Waals surface area contributed by atoms with Crippen molar-refractivity contribution in [3.63, 3.8) is 0 Å². The van der Waals surface area contributed by atoms with Crippen LogP contribution in [-0.4, -0.2) is 24.7 Å². The van der Waals surface area contributed by atoms with Crippen LogP contribution in [0.25, 0.3) is 0 Å². The lowest BCUT2D eigenvalue weighted by Crippen LogP contribution is -2.24. The van der Waals surface area contributed by atoms with Crippen LogP contribution in [0.15, 0.2) is 74.7 Å². The van der Waals surface area contributed by atoms with E-state index in [9.17, 15) is 9.59 Å². The van der Waals surface area contributed by atoms with Crippen molar-refractivity contribution in [3.05, 3.63) is 89.3 Å². The molecule has 1 N–H and O–H groups in total. The summed E-state index contributed by atoms with van der Waals surface area (Å²) in [5.41, 5.74) is 3.30. The topological polar surface area (TPSA) is 77.0 Å². The highest BCUT2D eigenvalue weighted by atomic mass is 127. The molecule has 0 aliphatic rings. The molecule has 0 spiro atoms. The predicted octanol–water partition coefficient (Wildman–Crippen LogP) is 6.22. The van der Waals surface area contributed by atoms with E-state index in [4.69, 9.17) is 21.1 Å². The summed E-state index contributed by atoms with van der Waals surface area (Å²) in [5, 5.41) is 4.52. The van der Waals surface area contributed by atoms with Crippen molar-refractivity contribution in [2.24, 2.45) is 5.10 Å². The van der Waals surface area contributed by atoms with Crippen molar-refractivity contribution in [3.8, 4) is 11.5 Å². The first kappa shape index (κ1) is 24.7. The molecule has 6 nitrogen and oxygen atoms in total. The van der Waals surface area contributed by atoms with E-state index in [1.807, 2.05) is 12.1 Å². The maximum Gasteiger partial charge on any atom is 0.344 e. The van der Waals surface area contributed by atoms with Crippen molar-refractivity contribution >= 4 is 84.1 Å². The second kappa shape index (κ2) is 11.8. The Morgan fingerprint density at radius 2 is 1.81 bits per heavy atom. The largest absolute Gasteiger partial charge is 0.484 e. The summed E-state index contributed by atoms with van der Waals surface area (Å²) < 4.78 is 13.0. The highest BCUT2D eigenvalue weighted by molar-refractivity contribution is 14.1. The van der Waals surface area contributed by atoms with Crippen LogP contribution in [0, 0.1) is 3.57 Å². The lowest BCUT2D eigenvalue weighted by molar-refractivity contribution is -0.123. The Hall–Kier alpha value is -1.95. The van der Waals surface area contributed by atoms with Gasteiger partial charge in [-0.2, -0.15) is 5.10 Å². The van der Waals surface area contributed by atoms with Gasteiger partial charge in [-0.15, -0.1) is 0 Å². The molecule has 0 bridgehead atoms. The Bertz CT molecular complexity index is 1170. The van der Waals surface area contributed by atoms with Gasteiger partial charge in [0.25, 0.3) is 5.91 Å². The average molecular weight is 693 g/mol. The molecule has 0 aliphatic heterocycles. The van der Waals surface area contributed by atoms with Gasteiger partial charge in [-0.3, -0.25) is 4.79 Å². The van der Waals surface area contributed by atoms with Gasteiger partial charge in [-0.25, -0.2) is 10.2 Å². The van der Waals surface area contributed by atoms with Crippen LogP contribution < -0.4 is 14.9 Å². The van der Waals surface area contributed by atoms with Crippen LogP contribution in [0.4, 0.5) is 0 Å². The third-order valence-corrected chi connectivity index (χ3v) is 6.14. The normalized spacial score (nSPS) is 10.8. The van der Waals surface area contributed by atoms with E-state index in [0.717, 1.165) is 8.04 Å². The first-order valence-corrected chi connectivity index (χ1v) is 12.0. The van der Waals surface area contributed by atoms with Crippen molar-refractivity contribution < 1.29 is 19.1 Å². The highest BCUT2D eigenvalue weighted by Crippen LogP contribution is 2.33. The van der Waals surface area contributed by atoms with Gasteiger partial charge in [0.05, 0.1) is 16.3 Å². The Balaban J connectivity index is 1.68. The summed E-state index contributed by atoms with van der Waals surface area (Å²) >= 11 is 14.7. The number of hydrogen-bond acceptors (Lipinski definition) is 5. The molecular weight excluding hydrogens is 678 g/mol. The molecule has 3 aromatic carbocycles. The lowest BCUT2D eigenvalue weighted by atomic mass is 10.2. The molecular formula is C22H14Br2ClIN2O4. The summed E-state index contributed by atoms with van der Waals surface area (Å²) in [6.07, 6.45) is 1.38. The molecule has 0 saturated carbocycles. The summed E-state index contributed by atoms with van der Waals surface area (Å²) in [7, 11) is 0. The number of hydrazone groups is 1. The number of nitrogens with one attached hydrogen (secondary N) is 1. The first-order valence-electron chi connectivity index (χ1n) is 8.99. The molecule has 0 aromatic heterocycles. The molecule has 0 aliphatic carbocycles. The zero-order chi connectivity index (χ0) is 23.1. The van der Waals surface area contributed by atoms with Gasteiger partial charge in [0, 0.05) is 18.6 Å². The van der Waals surface area contributed by atoms with Gasteiger partial charge >= 0.3 is 5.97 Å². The zero-order valence-electron chi connectivity index (χ0n) is 16.2. The molecule has 3 aromatic rings. The fraction of sp³-hybridized carbons (Fsp3) is 0.0455. The molecule has 0 heterocycles. The summed E-state index contributed by atoms with van der Waals surface area (Å²) in [6, 6.07) is 17.2. The van der Waals surface area contributed by atoms with E-state index in [0.29, 0.717) is 26.4 Å². The predicted molar refractivity (Wildman–Crippen MR) is 139 cm³/mol. The molecule has 32 heavy (non-hydrogen) atoms. The molecule has 0 radical (unpaired) electrons. The van der Waals surface area contributed by atoms with E-state index in [-0.39, 0.29) is 12.4 Å². The number of amides is 1. The number of carbonyl (C=O) groups is 2. The Morgan fingerprint density at radius 3 is 2.53 bits per heavy atom. The van der Waals surface area contributed by atoms with E-state index < -0.39 is 11.9 Å². The van der Waals surface area contributed by atoms with Gasteiger partial charge in [0.1, 0.15) is 5.75 Å². The van der Waals surface area contributed by atoms with Crippen molar-refractivity contribution in [2.45, 2.75) is 0 Å². The van der Waals surface area contributed by atoms with Crippen LogP contribution in [0.3, 0.4) is 0 Å². The highest BCUT2D eigenvalue weighted by Gasteiger charge is 2.17. The van der Waals surface area contributed by atoms with Gasteiger partial charge in [0.2, 0.25) is 0 Å². The van der Waals surface area contributed by atoms with Crippen molar-refractivity contribution in [2.75, 3.05) is 6.61 Å². The number of halogens is 4. The Morgan fingerprint density at radius 1 is 1.09 bits per heavy atom. The summed E-state index contributed by atoms with van der Waals surface area (Å²) in [4.78, 5) is 24.7. The molecule has 164 valence electrons.